The van der Waals surface area contributed by atoms with E-state index in [0.717, 1.165) is 31.7 Å². The van der Waals surface area contributed by atoms with E-state index in [9.17, 15) is 12.8 Å². The fraction of sp³-hybridized carbons (Fsp3) is 0.353. The Morgan fingerprint density at radius 1 is 1.16 bits per heavy atom. The lowest BCUT2D eigenvalue weighted by Crippen LogP contribution is -2.39. The van der Waals surface area contributed by atoms with E-state index in [1.807, 2.05) is 6.07 Å². The molecule has 2 aromatic rings. The van der Waals surface area contributed by atoms with Crippen molar-refractivity contribution in [3.63, 3.8) is 0 Å². The summed E-state index contributed by atoms with van der Waals surface area (Å²) in [5.74, 6) is 0.507. The highest BCUT2D eigenvalue weighted by Gasteiger charge is 2.21. The Morgan fingerprint density at radius 2 is 1.88 bits per heavy atom. The van der Waals surface area contributed by atoms with E-state index >= 15 is 0 Å². The topological polar surface area (TPSA) is 74.3 Å². The number of halogens is 1. The highest BCUT2D eigenvalue weighted by molar-refractivity contribution is 7.89. The lowest BCUT2D eigenvalue weighted by molar-refractivity contribution is 0.519. The third-order valence-electron chi connectivity index (χ3n) is 4.35. The molecule has 6 nitrogen and oxygen atoms in total. The van der Waals surface area contributed by atoms with Crippen molar-refractivity contribution in [3.8, 4) is 0 Å². The lowest BCUT2D eigenvalue weighted by atomic mass is 10.0. The fourth-order valence-corrected chi connectivity index (χ4v) is 3.56. The van der Waals surface area contributed by atoms with E-state index in [-0.39, 0.29) is 16.8 Å². The van der Waals surface area contributed by atoms with E-state index in [1.54, 1.807) is 24.3 Å². The first kappa shape index (κ1) is 17.6. The highest BCUT2D eigenvalue weighted by atomic mass is 32.2. The van der Waals surface area contributed by atoms with Crippen LogP contribution in [-0.4, -0.2) is 39.6 Å². The predicted octanol–water partition coefficient (Wildman–Crippen LogP) is 2.21. The van der Waals surface area contributed by atoms with Gasteiger partial charge in [-0.1, -0.05) is 12.1 Å². The molecule has 0 aliphatic carbocycles. The quantitative estimate of drug-likeness (QED) is 0.851. The number of pyridine rings is 1. The third-order valence-corrected chi connectivity index (χ3v) is 5.75. The van der Waals surface area contributed by atoms with E-state index in [2.05, 4.69) is 19.9 Å². The van der Waals surface area contributed by atoms with E-state index in [0.29, 0.717) is 5.69 Å². The minimum absolute atomic E-state index is 0.148. The molecule has 0 atom stereocenters. The van der Waals surface area contributed by atoms with Gasteiger partial charge >= 0.3 is 0 Å². The summed E-state index contributed by atoms with van der Waals surface area (Å²) >= 11 is 0. The van der Waals surface area contributed by atoms with Crippen molar-refractivity contribution in [2.24, 2.45) is 0 Å². The van der Waals surface area contributed by atoms with Crippen LogP contribution in [0, 0.1) is 5.82 Å². The number of anilines is 2. The number of rotatable bonds is 5. The lowest BCUT2D eigenvalue weighted by Gasteiger charge is -2.33. The second-order valence-corrected chi connectivity index (χ2v) is 7.83. The average Bonchev–Trinajstić information content (AvgIpc) is 2.64. The van der Waals surface area contributed by atoms with Gasteiger partial charge in [0.15, 0.2) is 0 Å². The molecule has 1 aliphatic rings. The van der Waals surface area contributed by atoms with Crippen molar-refractivity contribution >= 4 is 21.5 Å². The first-order chi connectivity index (χ1) is 12.0. The molecule has 1 aromatic carbocycles. The predicted molar refractivity (Wildman–Crippen MR) is 95.7 cm³/mol. The molecule has 3 rings (SSSR count). The maximum atomic E-state index is 13.7. The van der Waals surface area contributed by atoms with Gasteiger partial charge in [0.25, 0.3) is 0 Å². The molecule has 2 N–H and O–H groups in total. The van der Waals surface area contributed by atoms with Crippen LogP contribution in [0.3, 0.4) is 0 Å². The van der Waals surface area contributed by atoms with Crippen LogP contribution in [0.2, 0.25) is 0 Å². The molecule has 0 bridgehead atoms. The molecule has 2 heterocycles. The van der Waals surface area contributed by atoms with Crippen LogP contribution in [0.15, 0.2) is 47.5 Å². The average molecular weight is 364 g/mol. The van der Waals surface area contributed by atoms with Crippen LogP contribution in [0.4, 0.5) is 15.9 Å². The number of nitrogens with one attached hydrogen (secondary N) is 2. The van der Waals surface area contributed by atoms with Gasteiger partial charge in [-0.05, 0) is 44.2 Å². The van der Waals surface area contributed by atoms with E-state index in [1.165, 1.54) is 19.3 Å². The molecule has 0 saturated carbocycles. The largest absolute Gasteiger partial charge is 0.380 e. The summed E-state index contributed by atoms with van der Waals surface area (Å²) in [6.07, 6.45) is 3.07. The van der Waals surface area contributed by atoms with E-state index < -0.39 is 10.0 Å². The summed E-state index contributed by atoms with van der Waals surface area (Å²) in [7, 11) is -2.10. The zero-order valence-corrected chi connectivity index (χ0v) is 14.8. The summed E-state index contributed by atoms with van der Waals surface area (Å²) < 4.78 is 39.4. The number of hydrogen-bond acceptors (Lipinski definition) is 5. The molecular formula is C17H21FN4O2S. The summed E-state index contributed by atoms with van der Waals surface area (Å²) in [6.45, 7) is 1.55. The van der Waals surface area contributed by atoms with Gasteiger partial charge in [0, 0.05) is 25.3 Å². The van der Waals surface area contributed by atoms with Gasteiger partial charge in [-0.25, -0.2) is 22.5 Å². The molecule has 0 unspecified atom stereocenters. The number of nitrogens with zero attached hydrogens (tertiary/aromatic N) is 2. The van der Waals surface area contributed by atoms with Gasteiger partial charge in [-0.15, -0.1) is 0 Å². The smallest absolute Gasteiger partial charge is 0.241 e. The maximum Gasteiger partial charge on any atom is 0.241 e. The van der Waals surface area contributed by atoms with Gasteiger partial charge in [-0.3, -0.25) is 0 Å². The molecule has 1 saturated heterocycles. The Hall–Kier alpha value is -2.19. The molecule has 8 heteroatoms. The fourth-order valence-electron chi connectivity index (χ4n) is 2.89. The summed E-state index contributed by atoms with van der Waals surface area (Å²) in [4.78, 5) is 6.52. The Kier molecular flexibility index (Phi) is 5.19. The van der Waals surface area contributed by atoms with Crippen molar-refractivity contribution in [2.45, 2.75) is 23.8 Å². The number of aromatic nitrogens is 1. The van der Waals surface area contributed by atoms with Crippen LogP contribution in [0.5, 0.6) is 0 Å². The molecule has 0 radical (unpaired) electrons. The molecular weight excluding hydrogens is 343 g/mol. The van der Waals surface area contributed by atoms with Crippen LogP contribution in [-0.2, 0) is 10.0 Å². The zero-order valence-electron chi connectivity index (χ0n) is 13.9. The first-order valence-electron chi connectivity index (χ1n) is 8.15. The minimum Gasteiger partial charge on any atom is -0.380 e. The third kappa shape index (κ3) is 4.08. The first-order valence-corrected chi connectivity index (χ1v) is 9.63. The number of piperidine rings is 1. The monoisotopic (exact) mass is 364 g/mol. The second-order valence-electron chi connectivity index (χ2n) is 5.95. The SMILES string of the molecule is CNS(=O)(=O)c1ccc(N2CCC(Nc3ccccc3F)CC2)nc1. The Morgan fingerprint density at radius 3 is 2.48 bits per heavy atom. The number of para-hydroxylation sites is 1. The minimum atomic E-state index is -3.47. The summed E-state index contributed by atoms with van der Waals surface area (Å²) in [6, 6.07) is 10.1. The molecule has 134 valence electrons. The second kappa shape index (κ2) is 7.37. The Balaban J connectivity index is 1.60. The molecule has 0 spiro atoms. The number of sulfonamides is 1. The zero-order chi connectivity index (χ0) is 17.9. The van der Waals surface area contributed by atoms with Gasteiger partial charge in [0.05, 0.1) is 5.69 Å². The Bertz CT molecular complexity index is 819. The highest BCUT2D eigenvalue weighted by Crippen LogP contribution is 2.22. The van der Waals surface area contributed by atoms with Crippen LogP contribution >= 0.6 is 0 Å². The van der Waals surface area contributed by atoms with Crippen LogP contribution < -0.4 is 14.9 Å². The van der Waals surface area contributed by atoms with Gasteiger partial charge in [0.1, 0.15) is 16.5 Å². The number of hydrogen-bond donors (Lipinski definition) is 2. The van der Waals surface area contributed by atoms with Gasteiger partial charge < -0.3 is 10.2 Å². The standard InChI is InChI=1S/C17H21FN4O2S/c1-19-25(23,24)14-6-7-17(20-12-14)22-10-8-13(9-11-22)21-16-5-3-2-4-15(16)18/h2-7,12-13,19,21H,8-11H2,1H3. The number of benzene rings is 1. The van der Waals surface area contributed by atoms with Gasteiger partial charge in [0.2, 0.25) is 10.0 Å². The summed E-state index contributed by atoms with van der Waals surface area (Å²) in [5, 5.41) is 3.25. The normalized spacial score (nSPS) is 16.0. The molecule has 1 fully saturated rings. The maximum absolute atomic E-state index is 13.7. The molecule has 25 heavy (non-hydrogen) atoms. The van der Waals surface area contributed by atoms with Crippen molar-refractivity contribution in [3.05, 3.63) is 48.4 Å². The molecule has 0 amide bonds. The van der Waals surface area contributed by atoms with Crippen molar-refractivity contribution in [2.75, 3.05) is 30.4 Å². The van der Waals surface area contributed by atoms with Crippen molar-refractivity contribution in [1.82, 2.24) is 9.71 Å². The Labute approximate surface area is 147 Å². The van der Waals surface area contributed by atoms with Crippen LogP contribution in [0.1, 0.15) is 12.8 Å². The molecule has 1 aromatic heterocycles. The summed E-state index contributed by atoms with van der Waals surface area (Å²) in [5.41, 5.74) is 0.528. The van der Waals surface area contributed by atoms with Crippen molar-refractivity contribution < 1.29 is 12.8 Å². The van der Waals surface area contributed by atoms with Crippen molar-refractivity contribution in [1.29, 1.82) is 0 Å². The van der Waals surface area contributed by atoms with Crippen LogP contribution in [0.25, 0.3) is 0 Å². The molecule has 1 aliphatic heterocycles. The van der Waals surface area contributed by atoms with E-state index in [4.69, 9.17) is 0 Å². The van der Waals surface area contributed by atoms with Gasteiger partial charge in [-0.2, -0.15) is 0 Å².